The molecule has 1 rings (SSSR count). The van der Waals surface area contributed by atoms with Crippen LogP contribution in [0.2, 0.25) is 5.02 Å². The van der Waals surface area contributed by atoms with Crippen LogP contribution >= 0.6 is 24.0 Å². The topological polar surface area (TPSA) is 84.2 Å². The van der Waals surface area contributed by atoms with Crippen LogP contribution in [0.5, 0.6) is 0 Å². The van der Waals surface area contributed by atoms with Gasteiger partial charge in [0.2, 0.25) is 11.8 Å². The lowest BCUT2D eigenvalue weighted by Gasteiger charge is -2.24. The molecule has 0 heterocycles. The Morgan fingerprint density at radius 2 is 1.71 bits per heavy atom. The van der Waals surface area contributed by atoms with Crippen molar-refractivity contribution in [3.05, 3.63) is 34.9 Å². The summed E-state index contributed by atoms with van der Waals surface area (Å²) < 4.78 is 0. The lowest BCUT2D eigenvalue weighted by Crippen LogP contribution is -2.47. The molecular weight excluding hydrogens is 349 g/mol. The van der Waals surface area contributed by atoms with E-state index in [2.05, 4.69) is 10.6 Å². The van der Waals surface area contributed by atoms with Gasteiger partial charge in [-0.1, -0.05) is 57.5 Å². The Balaban J connectivity index is 0.00000529. The monoisotopic (exact) mass is 375 g/mol. The fraction of sp³-hybridized carbons (Fsp3) is 0.529. The molecule has 0 radical (unpaired) electrons. The van der Waals surface area contributed by atoms with Gasteiger partial charge in [0.1, 0.15) is 0 Å². The van der Waals surface area contributed by atoms with Crippen LogP contribution in [-0.2, 0) is 9.59 Å². The summed E-state index contributed by atoms with van der Waals surface area (Å²) in [6, 6.07) is 6.58. The van der Waals surface area contributed by atoms with Crippen LogP contribution in [0.15, 0.2) is 24.3 Å². The van der Waals surface area contributed by atoms with Gasteiger partial charge in [0, 0.05) is 5.02 Å². The minimum atomic E-state index is -0.618. The molecule has 0 aliphatic rings. The second-order valence-corrected chi connectivity index (χ2v) is 6.71. The van der Waals surface area contributed by atoms with E-state index in [1.807, 2.05) is 45.9 Å². The molecule has 0 bridgehead atoms. The molecule has 0 aliphatic heterocycles. The second-order valence-electron chi connectivity index (χ2n) is 6.30. The summed E-state index contributed by atoms with van der Waals surface area (Å²) in [7, 11) is 0. The summed E-state index contributed by atoms with van der Waals surface area (Å²) in [6.07, 6.45) is 0. The van der Waals surface area contributed by atoms with Crippen molar-refractivity contribution >= 4 is 35.8 Å². The van der Waals surface area contributed by atoms with Crippen LogP contribution in [-0.4, -0.2) is 24.4 Å². The second kappa shape index (κ2) is 10.5. The van der Waals surface area contributed by atoms with E-state index >= 15 is 0 Å². The van der Waals surface area contributed by atoms with Gasteiger partial charge in [-0.15, -0.1) is 12.4 Å². The van der Waals surface area contributed by atoms with Gasteiger partial charge in [-0.05, 0) is 23.5 Å². The molecule has 0 aromatic heterocycles. The Morgan fingerprint density at radius 1 is 1.12 bits per heavy atom. The predicted molar refractivity (Wildman–Crippen MR) is 100 cm³/mol. The molecule has 2 amide bonds. The highest BCUT2D eigenvalue weighted by molar-refractivity contribution is 6.31. The lowest BCUT2D eigenvalue weighted by molar-refractivity contribution is -0.127. The van der Waals surface area contributed by atoms with Gasteiger partial charge in [-0.25, -0.2) is 0 Å². The van der Waals surface area contributed by atoms with Gasteiger partial charge in [0.15, 0.2) is 0 Å². The number of nitrogens with two attached hydrogens (primary N) is 1. The van der Waals surface area contributed by atoms with E-state index in [0.717, 1.165) is 5.56 Å². The maximum absolute atomic E-state index is 12.1. The van der Waals surface area contributed by atoms with Crippen molar-refractivity contribution < 1.29 is 9.59 Å². The summed E-state index contributed by atoms with van der Waals surface area (Å²) >= 11 is 6.21. The molecule has 0 aliphatic carbocycles. The van der Waals surface area contributed by atoms with Crippen molar-refractivity contribution in [3.63, 3.8) is 0 Å². The summed E-state index contributed by atoms with van der Waals surface area (Å²) in [5.41, 5.74) is 6.61. The molecule has 0 saturated heterocycles. The standard InChI is InChI=1S/C17H26ClN3O2.ClH/c1-10(2)15(19)17(23)20-9-14(22)21-16(11(3)4)12-7-5-6-8-13(12)18;/h5-8,10-11,15-16H,9,19H2,1-4H3,(H,20,23)(H,21,22);1H/t15-,16?;/m0./s1. The van der Waals surface area contributed by atoms with E-state index in [-0.39, 0.29) is 48.6 Å². The van der Waals surface area contributed by atoms with Gasteiger partial charge in [-0.3, -0.25) is 9.59 Å². The van der Waals surface area contributed by atoms with Crippen molar-refractivity contribution in [2.24, 2.45) is 17.6 Å². The Morgan fingerprint density at radius 3 is 2.21 bits per heavy atom. The summed E-state index contributed by atoms with van der Waals surface area (Å²) in [6.45, 7) is 7.61. The number of benzene rings is 1. The third-order valence-electron chi connectivity index (χ3n) is 3.67. The molecule has 1 aromatic carbocycles. The molecule has 5 nitrogen and oxygen atoms in total. The SMILES string of the molecule is CC(C)C(NC(=O)CNC(=O)[C@@H](N)C(C)C)c1ccccc1Cl.Cl. The number of hydrogen-bond donors (Lipinski definition) is 3. The molecule has 7 heteroatoms. The lowest BCUT2D eigenvalue weighted by atomic mass is 9.96. The number of rotatable bonds is 7. The largest absolute Gasteiger partial charge is 0.347 e. The van der Waals surface area contributed by atoms with Gasteiger partial charge < -0.3 is 16.4 Å². The van der Waals surface area contributed by atoms with Crippen molar-refractivity contribution in [2.75, 3.05) is 6.54 Å². The fourth-order valence-corrected chi connectivity index (χ4v) is 2.40. The van der Waals surface area contributed by atoms with Gasteiger partial charge in [-0.2, -0.15) is 0 Å². The third kappa shape index (κ3) is 6.67. The molecule has 0 spiro atoms. The van der Waals surface area contributed by atoms with Crippen LogP contribution in [0.1, 0.15) is 39.3 Å². The molecule has 24 heavy (non-hydrogen) atoms. The molecule has 1 unspecified atom stereocenters. The number of carbonyl (C=O) groups excluding carboxylic acids is 2. The molecular formula is C17H27Cl2N3O2. The Kier molecular flexibility index (Phi) is 9.97. The smallest absolute Gasteiger partial charge is 0.239 e. The van der Waals surface area contributed by atoms with E-state index < -0.39 is 6.04 Å². The number of hydrogen-bond acceptors (Lipinski definition) is 3. The van der Waals surface area contributed by atoms with Gasteiger partial charge in [0.05, 0.1) is 18.6 Å². The molecule has 2 atom stereocenters. The quantitative estimate of drug-likeness (QED) is 0.684. The minimum absolute atomic E-state index is 0. The number of halogens is 2. The van der Waals surface area contributed by atoms with Crippen molar-refractivity contribution in [3.8, 4) is 0 Å². The summed E-state index contributed by atoms with van der Waals surface area (Å²) in [5.74, 6) is -0.418. The van der Waals surface area contributed by atoms with Crippen molar-refractivity contribution in [2.45, 2.75) is 39.8 Å². The highest BCUT2D eigenvalue weighted by Gasteiger charge is 2.22. The minimum Gasteiger partial charge on any atom is -0.347 e. The highest BCUT2D eigenvalue weighted by Crippen LogP contribution is 2.27. The Bertz CT molecular complexity index is 550. The normalized spacial score (nSPS) is 13.2. The van der Waals surface area contributed by atoms with E-state index in [0.29, 0.717) is 5.02 Å². The zero-order valence-electron chi connectivity index (χ0n) is 14.5. The molecule has 4 N–H and O–H groups in total. The molecule has 136 valence electrons. The van der Waals surface area contributed by atoms with Crippen molar-refractivity contribution in [1.29, 1.82) is 0 Å². The highest BCUT2D eigenvalue weighted by atomic mass is 35.5. The van der Waals surface area contributed by atoms with Crippen LogP contribution in [0.4, 0.5) is 0 Å². The van der Waals surface area contributed by atoms with Crippen LogP contribution in [0.25, 0.3) is 0 Å². The zero-order chi connectivity index (χ0) is 17.6. The van der Waals surface area contributed by atoms with Crippen LogP contribution in [0.3, 0.4) is 0 Å². The van der Waals surface area contributed by atoms with Crippen LogP contribution in [0, 0.1) is 11.8 Å². The molecule has 1 aromatic rings. The first-order chi connectivity index (χ1) is 10.7. The maximum Gasteiger partial charge on any atom is 0.239 e. The Hall–Kier alpha value is -1.30. The maximum atomic E-state index is 12.1. The molecule has 0 saturated carbocycles. The van der Waals surface area contributed by atoms with Crippen LogP contribution < -0.4 is 16.4 Å². The van der Waals surface area contributed by atoms with Gasteiger partial charge in [0.25, 0.3) is 0 Å². The first-order valence-corrected chi connectivity index (χ1v) is 8.19. The zero-order valence-corrected chi connectivity index (χ0v) is 16.1. The van der Waals surface area contributed by atoms with Crippen molar-refractivity contribution in [1.82, 2.24) is 10.6 Å². The Labute approximate surface area is 155 Å². The third-order valence-corrected chi connectivity index (χ3v) is 4.01. The predicted octanol–water partition coefficient (Wildman–Crippen LogP) is 2.67. The van der Waals surface area contributed by atoms with E-state index in [1.165, 1.54) is 0 Å². The number of nitrogens with one attached hydrogen (secondary N) is 2. The number of carbonyl (C=O) groups is 2. The average Bonchev–Trinajstić information content (AvgIpc) is 2.50. The average molecular weight is 376 g/mol. The first-order valence-electron chi connectivity index (χ1n) is 7.81. The fourth-order valence-electron chi connectivity index (χ4n) is 2.14. The number of amides is 2. The first kappa shape index (κ1) is 22.7. The van der Waals surface area contributed by atoms with Gasteiger partial charge >= 0.3 is 0 Å². The summed E-state index contributed by atoms with van der Waals surface area (Å²) in [5, 5.41) is 6.09. The van der Waals surface area contributed by atoms with E-state index in [4.69, 9.17) is 17.3 Å². The molecule has 0 fully saturated rings. The van der Waals surface area contributed by atoms with E-state index in [1.54, 1.807) is 6.07 Å². The van der Waals surface area contributed by atoms with E-state index in [9.17, 15) is 9.59 Å². The summed E-state index contributed by atoms with van der Waals surface area (Å²) in [4.78, 5) is 23.9.